The van der Waals surface area contributed by atoms with Gasteiger partial charge in [-0.25, -0.2) is 0 Å². The molecule has 0 bridgehead atoms. The third-order valence-corrected chi connectivity index (χ3v) is 4.81. The van der Waals surface area contributed by atoms with Crippen LogP contribution in [0.1, 0.15) is 79.6 Å². The molecular weight excluding hydrogens is 234 g/mol. The van der Waals surface area contributed by atoms with Crippen molar-refractivity contribution in [2.24, 2.45) is 5.84 Å². The number of hydrogen-bond acceptors (Lipinski definition) is 3. The molecule has 0 aromatic rings. The maximum atomic E-state index is 5.90. The van der Waals surface area contributed by atoms with Crippen molar-refractivity contribution in [1.82, 2.24) is 10.3 Å². The number of nitrogens with two attached hydrogens (primary N) is 1. The first kappa shape index (κ1) is 18.9. The van der Waals surface area contributed by atoms with E-state index in [9.17, 15) is 0 Å². The standard InChI is InChI=1S/C16H37N3/c1-6-11-12-13-14-15(18-17)16(7-2,8-3)19(9-4)10-5/h15,18H,6-14,17H2,1-5H3. The Morgan fingerprint density at radius 3 is 1.89 bits per heavy atom. The van der Waals surface area contributed by atoms with Crippen molar-refractivity contribution < 1.29 is 0 Å². The molecule has 3 heteroatoms. The Labute approximate surface area is 121 Å². The van der Waals surface area contributed by atoms with Gasteiger partial charge in [-0.1, -0.05) is 60.3 Å². The van der Waals surface area contributed by atoms with Gasteiger partial charge in [0.05, 0.1) is 0 Å². The molecule has 0 fully saturated rings. The van der Waals surface area contributed by atoms with E-state index in [-0.39, 0.29) is 5.54 Å². The number of hydrazine groups is 1. The normalized spacial score (nSPS) is 14.1. The number of unbranched alkanes of at least 4 members (excludes halogenated alkanes) is 3. The van der Waals surface area contributed by atoms with Crippen molar-refractivity contribution in [2.45, 2.75) is 91.1 Å². The summed E-state index contributed by atoms with van der Waals surface area (Å²) in [6, 6.07) is 0.402. The molecule has 19 heavy (non-hydrogen) atoms. The quantitative estimate of drug-likeness (QED) is 0.323. The van der Waals surface area contributed by atoms with Crippen molar-refractivity contribution >= 4 is 0 Å². The molecule has 0 heterocycles. The molecule has 0 radical (unpaired) electrons. The van der Waals surface area contributed by atoms with Crippen molar-refractivity contribution in [3.8, 4) is 0 Å². The van der Waals surface area contributed by atoms with E-state index in [4.69, 9.17) is 5.84 Å². The fourth-order valence-electron chi connectivity index (χ4n) is 3.55. The van der Waals surface area contributed by atoms with Crippen LogP contribution < -0.4 is 11.3 Å². The van der Waals surface area contributed by atoms with E-state index < -0.39 is 0 Å². The van der Waals surface area contributed by atoms with Crippen LogP contribution in [-0.2, 0) is 0 Å². The Morgan fingerprint density at radius 2 is 1.53 bits per heavy atom. The predicted molar refractivity (Wildman–Crippen MR) is 86.1 cm³/mol. The summed E-state index contributed by atoms with van der Waals surface area (Å²) in [5.41, 5.74) is 3.34. The summed E-state index contributed by atoms with van der Waals surface area (Å²) in [5.74, 6) is 5.90. The van der Waals surface area contributed by atoms with Crippen LogP contribution in [0, 0.1) is 0 Å². The molecule has 1 atom stereocenters. The Hall–Kier alpha value is -0.120. The van der Waals surface area contributed by atoms with Gasteiger partial charge in [0.2, 0.25) is 0 Å². The van der Waals surface area contributed by atoms with Crippen LogP contribution in [0.4, 0.5) is 0 Å². The van der Waals surface area contributed by atoms with Crippen LogP contribution in [0.15, 0.2) is 0 Å². The topological polar surface area (TPSA) is 41.3 Å². The molecule has 3 nitrogen and oxygen atoms in total. The lowest BCUT2D eigenvalue weighted by Crippen LogP contribution is -2.62. The molecule has 0 rings (SSSR count). The number of hydrogen-bond donors (Lipinski definition) is 2. The van der Waals surface area contributed by atoms with E-state index in [1.54, 1.807) is 0 Å². The van der Waals surface area contributed by atoms with Gasteiger partial charge in [0.15, 0.2) is 0 Å². The van der Waals surface area contributed by atoms with Gasteiger partial charge in [-0.15, -0.1) is 0 Å². The summed E-state index contributed by atoms with van der Waals surface area (Å²) in [6.45, 7) is 13.6. The second-order valence-electron chi connectivity index (χ2n) is 5.55. The van der Waals surface area contributed by atoms with Gasteiger partial charge < -0.3 is 0 Å². The molecule has 0 aromatic carbocycles. The molecule has 0 aliphatic rings. The first-order chi connectivity index (χ1) is 9.16. The number of nitrogens with one attached hydrogen (secondary N) is 1. The molecule has 1 unspecified atom stereocenters. The van der Waals surface area contributed by atoms with Gasteiger partial charge >= 0.3 is 0 Å². The average molecular weight is 271 g/mol. The van der Waals surface area contributed by atoms with Gasteiger partial charge in [-0.3, -0.25) is 16.2 Å². The Bertz CT molecular complexity index is 198. The second-order valence-corrected chi connectivity index (χ2v) is 5.55. The van der Waals surface area contributed by atoms with Crippen LogP contribution in [0.3, 0.4) is 0 Å². The summed E-state index contributed by atoms with van der Waals surface area (Å²) >= 11 is 0. The first-order valence-electron chi connectivity index (χ1n) is 8.37. The third kappa shape index (κ3) is 5.05. The maximum absolute atomic E-state index is 5.90. The number of nitrogens with zero attached hydrogens (tertiary/aromatic N) is 1. The zero-order chi connectivity index (χ0) is 14.7. The van der Waals surface area contributed by atoms with Crippen LogP contribution in [0.5, 0.6) is 0 Å². The van der Waals surface area contributed by atoms with E-state index in [0.29, 0.717) is 6.04 Å². The lowest BCUT2D eigenvalue weighted by molar-refractivity contribution is 0.0451. The monoisotopic (exact) mass is 271 g/mol. The minimum absolute atomic E-state index is 0.213. The van der Waals surface area contributed by atoms with Crippen molar-refractivity contribution in [3.05, 3.63) is 0 Å². The molecule has 0 saturated carbocycles. The lowest BCUT2D eigenvalue weighted by Gasteiger charge is -2.48. The van der Waals surface area contributed by atoms with Gasteiger partial charge in [0, 0.05) is 11.6 Å². The molecular formula is C16H37N3. The Balaban J connectivity index is 4.77. The van der Waals surface area contributed by atoms with E-state index >= 15 is 0 Å². The lowest BCUT2D eigenvalue weighted by atomic mass is 9.80. The third-order valence-electron chi connectivity index (χ3n) is 4.81. The molecule has 0 aliphatic carbocycles. The zero-order valence-electron chi connectivity index (χ0n) is 14.0. The summed E-state index contributed by atoms with van der Waals surface area (Å²) in [7, 11) is 0. The first-order valence-corrected chi connectivity index (χ1v) is 8.37. The van der Waals surface area contributed by atoms with Gasteiger partial charge in [0.25, 0.3) is 0 Å². The smallest absolute Gasteiger partial charge is 0.0394 e. The predicted octanol–water partition coefficient (Wildman–Crippen LogP) is 3.69. The van der Waals surface area contributed by atoms with Crippen LogP contribution >= 0.6 is 0 Å². The molecule has 0 aliphatic heterocycles. The summed E-state index contributed by atoms with van der Waals surface area (Å²) in [6.07, 6.45) is 8.76. The largest absolute Gasteiger partial charge is 0.297 e. The highest BCUT2D eigenvalue weighted by Crippen LogP contribution is 2.30. The van der Waals surface area contributed by atoms with E-state index in [1.165, 1.54) is 32.1 Å². The number of rotatable bonds is 12. The number of likely N-dealkylation sites (N-methyl/N-ethyl adjacent to an activating group) is 1. The van der Waals surface area contributed by atoms with Crippen LogP contribution in [-0.4, -0.2) is 29.6 Å². The molecule has 0 aromatic heterocycles. The highest BCUT2D eigenvalue weighted by Gasteiger charge is 2.38. The highest BCUT2D eigenvalue weighted by atomic mass is 15.3. The van der Waals surface area contributed by atoms with Gasteiger partial charge in [0.1, 0.15) is 0 Å². The van der Waals surface area contributed by atoms with E-state index in [1.807, 2.05) is 0 Å². The van der Waals surface area contributed by atoms with Crippen LogP contribution in [0.2, 0.25) is 0 Å². The average Bonchev–Trinajstić information content (AvgIpc) is 2.46. The van der Waals surface area contributed by atoms with Crippen molar-refractivity contribution in [1.29, 1.82) is 0 Å². The minimum Gasteiger partial charge on any atom is -0.297 e. The molecule has 116 valence electrons. The summed E-state index contributed by atoms with van der Waals surface area (Å²) < 4.78 is 0. The second kappa shape index (κ2) is 10.6. The van der Waals surface area contributed by atoms with E-state index in [0.717, 1.165) is 25.9 Å². The molecule has 3 N–H and O–H groups in total. The molecule has 0 amide bonds. The zero-order valence-corrected chi connectivity index (χ0v) is 14.0. The molecule has 0 spiro atoms. The summed E-state index contributed by atoms with van der Waals surface area (Å²) in [5, 5.41) is 0. The summed E-state index contributed by atoms with van der Waals surface area (Å²) in [4.78, 5) is 2.59. The fourth-order valence-corrected chi connectivity index (χ4v) is 3.55. The Kier molecular flexibility index (Phi) is 10.6. The van der Waals surface area contributed by atoms with Gasteiger partial charge in [-0.05, 0) is 32.4 Å². The Morgan fingerprint density at radius 1 is 0.947 bits per heavy atom. The minimum atomic E-state index is 0.213. The van der Waals surface area contributed by atoms with Crippen molar-refractivity contribution in [2.75, 3.05) is 13.1 Å². The van der Waals surface area contributed by atoms with Gasteiger partial charge in [-0.2, -0.15) is 0 Å². The van der Waals surface area contributed by atoms with Crippen LogP contribution in [0.25, 0.3) is 0 Å². The van der Waals surface area contributed by atoms with Crippen molar-refractivity contribution in [3.63, 3.8) is 0 Å². The fraction of sp³-hybridized carbons (Fsp3) is 1.00. The maximum Gasteiger partial charge on any atom is 0.0394 e. The highest BCUT2D eigenvalue weighted by molar-refractivity contribution is 4.97. The SMILES string of the molecule is CCCCCCC(NN)C(CC)(CC)N(CC)CC. The van der Waals surface area contributed by atoms with E-state index in [2.05, 4.69) is 44.9 Å². The molecule has 0 saturated heterocycles.